The zero-order chi connectivity index (χ0) is 25.8. The van der Waals surface area contributed by atoms with E-state index in [0.29, 0.717) is 0 Å². The second-order valence-electron chi connectivity index (χ2n) is 13.5. The molecule has 0 bridgehead atoms. The molecule has 6 heteroatoms. The van der Waals surface area contributed by atoms with Crippen LogP contribution in [0.25, 0.3) is 0 Å². The average molecular weight is 505 g/mol. The van der Waals surface area contributed by atoms with Crippen molar-refractivity contribution in [2.24, 2.45) is 0 Å². The first-order chi connectivity index (χ1) is 14.9. The first-order valence-corrected chi connectivity index (χ1v) is 17.6. The molecular formula is C27H60O4Si2. The molecule has 0 radical (unpaired) electrons. The molecule has 200 valence electrons. The molecule has 0 aromatic carbocycles. The zero-order valence-electron chi connectivity index (χ0n) is 24.6. The minimum atomic E-state index is -0.157. The van der Waals surface area contributed by atoms with Gasteiger partial charge in [-0.2, -0.15) is 0 Å². The Morgan fingerprint density at radius 3 is 0.909 bits per heavy atom. The normalized spacial score (nSPS) is 14.7. The van der Waals surface area contributed by atoms with E-state index in [-0.39, 0.29) is 54.0 Å². The fraction of sp³-hybridized carbons (Fsp3) is 1.00. The Balaban J connectivity index is 3.93. The summed E-state index contributed by atoms with van der Waals surface area (Å²) in [5.41, 5.74) is -0.628. The van der Waals surface area contributed by atoms with Gasteiger partial charge in [0.05, 0.1) is 22.4 Å². The summed E-state index contributed by atoms with van der Waals surface area (Å²) in [4.78, 5) is 0. The molecule has 0 heterocycles. The molecule has 0 aliphatic rings. The summed E-state index contributed by atoms with van der Waals surface area (Å²) >= 11 is 0. The molecule has 0 spiro atoms. The summed E-state index contributed by atoms with van der Waals surface area (Å²) in [6, 6.07) is 5.83. The van der Waals surface area contributed by atoms with Crippen molar-refractivity contribution in [3.8, 4) is 0 Å². The molecule has 0 aromatic rings. The van der Waals surface area contributed by atoms with Crippen molar-refractivity contribution in [1.29, 1.82) is 0 Å². The third-order valence-corrected chi connectivity index (χ3v) is 8.82. The number of ether oxygens (including phenoxy) is 4. The van der Waals surface area contributed by atoms with Gasteiger partial charge in [0.25, 0.3) is 0 Å². The maximum atomic E-state index is 6.15. The van der Waals surface area contributed by atoms with E-state index in [9.17, 15) is 0 Å². The maximum Gasteiger partial charge on any atom is 0.158 e. The number of hydrogen-bond acceptors (Lipinski definition) is 4. The summed E-state index contributed by atoms with van der Waals surface area (Å²) in [5.74, 6) is 0. The third-order valence-electron chi connectivity index (χ3n) is 4.82. The monoisotopic (exact) mass is 504 g/mol. The highest BCUT2D eigenvalue weighted by Gasteiger charge is 2.25. The minimum Gasteiger partial charge on any atom is -0.347 e. The number of hydrogen-bond donors (Lipinski definition) is 0. The van der Waals surface area contributed by atoms with Gasteiger partial charge in [-0.25, -0.2) is 0 Å². The lowest BCUT2D eigenvalue weighted by atomic mass is 10.1. The van der Waals surface area contributed by atoms with E-state index in [1.807, 2.05) is 0 Å². The van der Waals surface area contributed by atoms with Crippen LogP contribution in [0.5, 0.6) is 0 Å². The quantitative estimate of drug-likeness (QED) is 0.131. The van der Waals surface area contributed by atoms with Gasteiger partial charge in [-0.1, -0.05) is 43.4 Å². The molecule has 33 heavy (non-hydrogen) atoms. The second kappa shape index (κ2) is 15.4. The van der Waals surface area contributed by atoms with Crippen LogP contribution in [0.3, 0.4) is 0 Å². The molecular weight excluding hydrogens is 444 g/mol. The summed E-state index contributed by atoms with van der Waals surface area (Å²) < 4.78 is 24.6. The van der Waals surface area contributed by atoms with Crippen molar-refractivity contribution in [1.82, 2.24) is 0 Å². The van der Waals surface area contributed by atoms with Gasteiger partial charge in [0.1, 0.15) is 0 Å². The summed E-state index contributed by atoms with van der Waals surface area (Å²) in [6.07, 6.45) is 5.81. The van der Waals surface area contributed by atoms with Crippen molar-refractivity contribution in [2.75, 3.05) is 0 Å². The lowest BCUT2D eigenvalue weighted by Gasteiger charge is -2.32. The van der Waals surface area contributed by atoms with Crippen LogP contribution in [0.1, 0.15) is 115 Å². The fourth-order valence-electron chi connectivity index (χ4n) is 3.72. The highest BCUT2D eigenvalue weighted by molar-refractivity contribution is 6.37. The van der Waals surface area contributed by atoms with E-state index in [1.54, 1.807) is 0 Å². The van der Waals surface area contributed by atoms with Crippen LogP contribution in [0.4, 0.5) is 0 Å². The van der Waals surface area contributed by atoms with Gasteiger partial charge in [-0.15, -0.1) is 0 Å². The Morgan fingerprint density at radius 1 is 0.424 bits per heavy atom. The lowest BCUT2D eigenvalue weighted by molar-refractivity contribution is -0.236. The second-order valence-corrected chi connectivity index (χ2v) is 17.8. The van der Waals surface area contributed by atoms with E-state index >= 15 is 0 Å². The molecule has 0 rings (SSSR count). The van der Waals surface area contributed by atoms with Crippen LogP contribution in [0, 0.1) is 0 Å². The molecule has 0 aliphatic carbocycles. The standard InChI is InChI=1S/C27H60O4Si2/c1-24(2,3)28-22(29-25(4,5)6)16-13-18-32-20-15-21-33-19-14-17-23(30-26(7,8)9)31-27(10,11)12/h22-23H,13-21,32-33H2,1-12H3. The molecule has 0 saturated carbocycles. The summed E-state index contributed by atoms with van der Waals surface area (Å²) in [7, 11) is 0.129. The van der Waals surface area contributed by atoms with Crippen molar-refractivity contribution in [3.05, 3.63) is 0 Å². The van der Waals surface area contributed by atoms with Gasteiger partial charge in [-0.3, -0.25) is 0 Å². The molecule has 0 aliphatic heterocycles. The van der Waals surface area contributed by atoms with E-state index in [4.69, 9.17) is 18.9 Å². The van der Waals surface area contributed by atoms with Gasteiger partial charge in [-0.05, 0) is 95.9 Å². The molecule has 0 unspecified atom stereocenters. The van der Waals surface area contributed by atoms with Crippen molar-refractivity contribution in [3.63, 3.8) is 0 Å². The Bertz CT molecular complexity index is 408. The highest BCUT2D eigenvalue weighted by atomic mass is 28.2. The van der Waals surface area contributed by atoms with Crippen LogP contribution < -0.4 is 0 Å². The largest absolute Gasteiger partial charge is 0.347 e. The molecule has 0 N–H and O–H groups in total. The van der Waals surface area contributed by atoms with Gasteiger partial charge in [0, 0.05) is 19.0 Å². The molecule has 0 amide bonds. The van der Waals surface area contributed by atoms with Crippen molar-refractivity contribution >= 4 is 19.0 Å². The summed E-state index contributed by atoms with van der Waals surface area (Å²) in [5, 5.41) is 0. The van der Waals surface area contributed by atoms with Crippen LogP contribution >= 0.6 is 0 Å². The van der Waals surface area contributed by atoms with Crippen LogP contribution in [-0.2, 0) is 18.9 Å². The lowest BCUT2D eigenvalue weighted by Crippen LogP contribution is -2.35. The van der Waals surface area contributed by atoms with E-state index in [2.05, 4.69) is 83.1 Å². The zero-order valence-corrected chi connectivity index (χ0v) is 27.4. The van der Waals surface area contributed by atoms with Crippen molar-refractivity contribution in [2.45, 2.75) is 174 Å². The van der Waals surface area contributed by atoms with E-state index in [0.717, 1.165) is 12.8 Å². The third kappa shape index (κ3) is 25.2. The van der Waals surface area contributed by atoms with Crippen LogP contribution in [-0.4, -0.2) is 54.0 Å². The molecule has 0 aromatic heterocycles. The number of rotatable bonds is 16. The van der Waals surface area contributed by atoms with Gasteiger partial charge < -0.3 is 18.9 Å². The Kier molecular flexibility index (Phi) is 15.5. The first-order valence-electron chi connectivity index (χ1n) is 13.6. The van der Waals surface area contributed by atoms with Crippen molar-refractivity contribution < 1.29 is 18.9 Å². The van der Waals surface area contributed by atoms with Gasteiger partial charge in [0.2, 0.25) is 0 Å². The van der Waals surface area contributed by atoms with E-state index in [1.165, 1.54) is 43.4 Å². The molecule has 0 atom stereocenters. The molecule has 0 saturated heterocycles. The average Bonchev–Trinajstić information content (AvgIpc) is 2.53. The highest BCUT2D eigenvalue weighted by Crippen LogP contribution is 2.23. The predicted octanol–water partition coefficient (Wildman–Crippen LogP) is 6.86. The van der Waals surface area contributed by atoms with Crippen LogP contribution in [0.15, 0.2) is 0 Å². The van der Waals surface area contributed by atoms with Gasteiger partial charge >= 0.3 is 0 Å². The Morgan fingerprint density at radius 2 is 0.667 bits per heavy atom. The smallest absolute Gasteiger partial charge is 0.158 e. The Hall–Kier alpha value is 0.274. The van der Waals surface area contributed by atoms with Gasteiger partial charge in [0.15, 0.2) is 12.6 Å². The fourth-order valence-corrected chi connectivity index (χ4v) is 7.83. The molecule has 4 nitrogen and oxygen atoms in total. The van der Waals surface area contributed by atoms with E-state index < -0.39 is 0 Å². The summed E-state index contributed by atoms with van der Waals surface area (Å²) in [6.45, 7) is 25.3. The van der Waals surface area contributed by atoms with Crippen LogP contribution in [0.2, 0.25) is 24.2 Å². The topological polar surface area (TPSA) is 36.9 Å². The molecule has 0 fully saturated rings. The Labute approximate surface area is 212 Å². The first kappa shape index (κ1) is 33.3. The maximum absolute atomic E-state index is 6.15. The minimum absolute atomic E-state index is 0.0644. The predicted molar refractivity (Wildman–Crippen MR) is 150 cm³/mol. The SMILES string of the molecule is CC(C)(C)OC(CCC[SiH2]CCC[SiH2]CCCC(OC(C)(C)C)OC(C)(C)C)OC(C)(C)C.